The Morgan fingerprint density at radius 3 is 2.71 bits per heavy atom. The van der Waals surface area contributed by atoms with E-state index in [4.69, 9.17) is 0 Å². The third-order valence-electron chi connectivity index (χ3n) is 3.92. The number of carbonyl (C=O) groups excluding carboxylic acids is 1. The number of nitrogens with one attached hydrogen (secondary N) is 1. The molecule has 21 heavy (non-hydrogen) atoms. The number of amides is 1. The van der Waals surface area contributed by atoms with Crippen LogP contribution >= 0.6 is 11.8 Å². The molecule has 0 aromatic carbocycles. The molecule has 1 N–H and O–H groups in total. The molecular weight excluding hydrogens is 284 g/mol. The van der Waals surface area contributed by atoms with Crippen molar-refractivity contribution in [3.63, 3.8) is 0 Å². The van der Waals surface area contributed by atoms with Gasteiger partial charge in [0.1, 0.15) is 5.82 Å². The third kappa shape index (κ3) is 3.99. The highest BCUT2D eigenvalue weighted by atomic mass is 32.2. The third-order valence-corrected chi connectivity index (χ3v) is 4.86. The molecule has 0 bridgehead atoms. The first-order chi connectivity index (χ1) is 10.1. The molecule has 0 spiro atoms. The van der Waals surface area contributed by atoms with Gasteiger partial charge in [-0.15, -0.1) is 10.2 Å². The number of nitrogens with zero attached hydrogens (tertiary/aromatic N) is 3. The van der Waals surface area contributed by atoms with E-state index in [1.807, 2.05) is 0 Å². The van der Waals surface area contributed by atoms with Gasteiger partial charge in [-0.1, -0.05) is 25.6 Å². The molecule has 3 rings (SSSR count). The molecule has 1 aromatic rings. The molecule has 116 valence electrons. The van der Waals surface area contributed by atoms with Gasteiger partial charge in [-0.2, -0.15) is 0 Å². The molecule has 2 fully saturated rings. The van der Waals surface area contributed by atoms with Crippen molar-refractivity contribution in [2.45, 2.75) is 63.1 Å². The van der Waals surface area contributed by atoms with Crippen molar-refractivity contribution in [2.75, 3.05) is 12.3 Å². The van der Waals surface area contributed by atoms with Gasteiger partial charge in [0, 0.05) is 18.5 Å². The van der Waals surface area contributed by atoms with Crippen LogP contribution in [-0.4, -0.2) is 33.0 Å². The van der Waals surface area contributed by atoms with Crippen LogP contribution in [-0.2, 0) is 4.79 Å². The fourth-order valence-corrected chi connectivity index (χ4v) is 3.21. The van der Waals surface area contributed by atoms with Crippen LogP contribution in [0.25, 0.3) is 0 Å². The Hall–Kier alpha value is -1.04. The van der Waals surface area contributed by atoms with Gasteiger partial charge in [0.05, 0.1) is 5.75 Å². The van der Waals surface area contributed by atoms with Gasteiger partial charge in [0.2, 0.25) is 5.91 Å². The summed E-state index contributed by atoms with van der Waals surface area (Å²) in [7, 11) is 0. The number of hydrogen-bond donors (Lipinski definition) is 1. The molecule has 2 saturated carbocycles. The minimum atomic E-state index is 0.0963. The lowest BCUT2D eigenvalue weighted by molar-refractivity contribution is -0.118. The normalized spacial score (nSPS) is 18.2. The van der Waals surface area contributed by atoms with E-state index in [-0.39, 0.29) is 5.91 Å². The number of aromatic nitrogens is 3. The summed E-state index contributed by atoms with van der Waals surface area (Å²) < 4.78 is 2.30. The topological polar surface area (TPSA) is 59.8 Å². The fraction of sp³-hybridized carbons (Fsp3) is 0.800. The Kier molecular flexibility index (Phi) is 4.52. The minimum absolute atomic E-state index is 0.0963. The van der Waals surface area contributed by atoms with E-state index in [1.165, 1.54) is 37.4 Å². The van der Waals surface area contributed by atoms with Crippen molar-refractivity contribution in [3.05, 3.63) is 5.82 Å². The maximum absolute atomic E-state index is 11.9. The molecular formula is C15H24N4OS. The molecule has 1 heterocycles. The zero-order valence-electron chi connectivity index (χ0n) is 12.8. The zero-order valence-corrected chi connectivity index (χ0v) is 13.7. The predicted molar refractivity (Wildman–Crippen MR) is 83.5 cm³/mol. The van der Waals surface area contributed by atoms with Gasteiger partial charge in [-0.05, 0) is 38.0 Å². The predicted octanol–water partition coefficient (Wildman–Crippen LogP) is 2.74. The van der Waals surface area contributed by atoms with Gasteiger partial charge >= 0.3 is 0 Å². The van der Waals surface area contributed by atoms with Gasteiger partial charge in [0.15, 0.2) is 5.16 Å². The van der Waals surface area contributed by atoms with E-state index in [1.54, 1.807) is 0 Å². The maximum atomic E-state index is 11.9. The molecule has 0 radical (unpaired) electrons. The summed E-state index contributed by atoms with van der Waals surface area (Å²) in [6, 6.07) is 0.585. The summed E-state index contributed by atoms with van der Waals surface area (Å²) in [6.07, 6.45) is 5.97. The van der Waals surface area contributed by atoms with Crippen LogP contribution in [0.15, 0.2) is 5.16 Å². The Balaban J connectivity index is 1.52. The number of hydrogen-bond acceptors (Lipinski definition) is 4. The maximum Gasteiger partial charge on any atom is 0.230 e. The lowest BCUT2D eigenvalue weighted by Gasteiger charge is -2.09. The van der Waals surface area contributed by atoms with Crippen LogP contribution in [0, 0.1) is 5.92 Å². The Morgan fingerprint density at radius 1 is 1.33 bits per heavy atom. The summed E-state index contributed by atoms with van der Waals surface area (Å²) in [5.74, 6) is 2.93. The molecule has 5 nitrogen and oxygen atoms in total. The van der Waals surface area contributed by atoms with Crippen molar-refractivity contribution >= 4 is 17.7 Å². The van der Waals surface area contributed by atoms with Crippen molar-refractivity contribution in [1.82, 2.24) is 20.1 Å². The number of carbonyl (C=O) groups is 1. The summed E-state index contributed by atoms with van der Waals surface area (Å²) in [5, 5.41) is 12.6. The van der Waals surface area contributed by atoms with Gasteiger partial charge in [-0.3, -0.25) is 4.79 Å². The smallest absolute Gasteiger partial charge is 0.230 e. The SMILES string of the molecule is CC(C)CCNC(=O)CSc1nnc(C2CC2)n1C1CC1. The second-order valence-electron chi connectivity index (χ2n) is 6.54. The summed E-state index contributed by atoms with van der Waals surface area (Å²) in [4.78, 5) is 11.9. The van der Waals surface area contributed by atoms with Crippen molar-refractivity contribution in [1.29, 1.82) is 0 Å². The summed E-state index contributed by atoms with van der Waals surface area (Å²) >= 11 is 1.53. The van der Waals surface area contributed by atoms with Crippen LogP contribution in [0.2, 0.25) is 0 Å². The van der Waals surface area contributed by atoms with Gasteiger partial charge < -0.3 is 9.88 Å². The van der Waals surface area contributed by atoms with Crippen molar-refractivity contribution in [3.8, 4) is 0 Å². The van der Waals surface area contributed by atoms with Crippen LogP contribution in [0.4, 0.5) is 0 Å². The van der Waals surface area contributed by atoms with E-state index in [0.29, 0.717) is 23.6 Å². The Bertz CT molecular complexity index is 506. The lowest BCUT2D eigenvalue weighted by atomic mass is 10.1. The van der Waals surface area contributed by atoms with Crippen molar-refractivity contribution in [2.24, 2.45) is 5.92 Å². The molecule has 1 amide bonds. The molecule has 0 saturated heterocycles. The highest BCUT2D eigenvalue weighted by Gasteiger charge is 2.36. The van der Waals surface area contributed by atoms with Crippen LogP contribution < -0.4 is 5.32 Å². The van der Waals surface area contributed by atoms with Crippen molar-refractivity contribution < 1.29 is 4.79 Å². The first-order valence-electron chi connectivity index (χ1n) is 7.99. The highest BCUT2D eigenvalue weighted by Crippen LogP contribution is 2.45. The van der Waals surface area contributed by atoms with E-state index in [9.17, 15) is 4.79 Å². The number of rotatable bonds is 8. The van der Waals surface area contributed by atoms with Crippen LogP contribution in [0.1, 0.15) is 63.7 Å². The molecule has 0 aliphatic heterocycles. The molecule has 2 aliphatic carbocycles. The first kappa shape index (κ1) is 14.9. The van der Waals surface area contributed by atoms with E-state index >= 15 is 0 Å². The Labute approximate surface area is 130 Å². The van der Waals surface area contributed by atoms with Gasteiger partial charge in [-0.25, -0.2) is 0 Å². The average molecular weight is 308 g/mol. The van der Waals surface area contributed by atoms with Crippen LogP contribution in [0.5, 0.6) is 0 Å². The summed E-state index contributed by atoms with van der Waals surface area (Å²) in [6.45, 7) is 5.09. The molecule has 2 aliphatic rings. The highest BCUT2D eigenvalue weighted by molar-refractivity contribution is 7.99. The van der Waals surface area contributed by atoms with Crippen LogP contribution in [0.3, 0.4) is 0 Å². The molecule has 0 atom stereocenters. The quantitative estimate of drug-likeness (QED) is 0.750. The largest absolute Gasteiger partial charge is 0.355 e. The van der Waals surface area contributed by atoms with E-state index < -0.39 is 0 Å². The molecule has 1 aromatic heterocycles. The fourth-order valence-electron chi connectivity index (χ4n) is 2.36. The van der Waals surface area contributed by atoms with Gasteiger partial charge in [0.25, 0.3) is 0 Å². The first-order valence-corrected chi connectivity index (χ1v) is 8.98. The second-order valence-corrected chi connectivity index (χ2v) is 7.48. The van der Waals surface area contributed by atoms with E-state index in [2.05, 4.69) is 33.9 Å². The standard InChI is InChI=1S/C15H24N4OS/c1-10(2)7-8-16-13(20)9-21-15-18-17-14(11-3-4-11)19(15)12-5-6-12/h10-12H,3-9H2,1-2H3,(H,16,20). The second kappa shape index (κ2) is 6.38. The van der Waals surface area contributed by atoms with E-state index in [0.717, 1.165) is 23.9 Å². The Morgan fingerprint density at radius 2 is 2.10 bits per heavy atom. The molecule has 6 heteroatoms. The monoisotopic (exact) mass is 308 g/mol. The summed E-state index contributed by atoms with van der Waals surface area (Å²) in [5.41, 5.74) is 0. The number of thioether (sulfide) groups is 1. The minimum Gasteiger partial charge on any atom is -0.355 e. The average Bonchev–Trinajstić information content (AvgIpc) is 3.34. The zero-order chi connectivity index (χ0) is 14.8. The molecule has 0 unspecified atom stereocenters. The lowest BCUT2D eigenvalue weighted by Crippen LogP contribution is -2.27.